The number of benzene rings is 1. The van der Waals surface area contributed by atoms with Crippen LogP contribution in [0.1, 0.15) is 32.1 Å². The summed E-state index contributed by atoms with van der Waals surface area (Å²) in [5, 5.41) is 12.3. The van der Waals surface area contributed by atoms with Gasteiger partial charge in [-0.05, 0) is 55.6 Å². The van der Waals surface area contributed by atoms with Crippen molar-refractivity contribution in [3.8, 4) is 0 Å². The minimum atomic E-state index is -0.401. The van der Waals surface area contributed by atoms with Crippen molar-refractivity contribution in [1.82, 2.24) is 0 Å². The van der Waals surface area contributed by atoms with Crippen LogP contribution in [0.15, 0.2) is 42.2 Å². The van der Waals surface area contributed by atoms with E-state index in [0.29, 0.717) is 24.0 Å². The maximum Gasteiger partial charge on any atom is 0.290 e. The highest BCUT2D eigenvalue weighted by Gasteiger charge is 2.33. The van der Waals surface area contributed by atoms with Gasteiger partial charge < -0.3 is 19.9 Å². The van der Waals surface area contributed by atoms with Crippen LogP contribution in [0.5, 0.6) is 0 Å². The molecule has 2 aliphatic rings. The van der Waals surface area contributed by atoms with Gasteiger partial charge in [-0.15, -0.1) is 0 Å². The van der Waals surface area contributed by atoms with Crippen LogP contribution in [-0.2, 0) is 14.3 Å². The first-order valence-electron chi connectivity index (χ1n) is 9.35. The highest BCUT2D eigenvalue weighted by molar-refractivity contribution is 8.00. The number of unbranched alkanes of at least 4 members (excludes halogenated alkanes) is 1. The normalized spacial score (nSPS) is 25.4. The number of thioether (sulfide) groups is 1. The van der Waals surface area contributed by atoms with Crippen molar-refractivity contribution < 1.29 is 19.4 Å². The number of ether oxygens (including phenoxy) is 2. The number of aliphatic hydroxyl groups is 1. The summed E-state index contributed by atoms with van der Waals surface area (Å²) in [6.07, 6.45) is 6.26. The van der Waals surface area contributed by atoms with Gasteiger partial charge in [0.15, 0.2) is 5.76 Å². The fourth-order valence-electron chi connectivity index (χ4n) is 3.29. The Morgan fingerprint density at radius 2 is 2.15 bits per heavy atom. The molecule has 142 valence electrons. The highest BCUT2D eigenvalue weighted by atomic mass is 32.2. The maximum absolute atomic E-state index is 12.6. The molecule has 26 heavy (non-hydrogen) atoms. The van der Waals surface area contributed by atoms with Crippen molar-refractivity contribution in [1.29, 1.82) is 0 Å². The van der Waals surface area contributed by atoms with E-state index in [-0.39, 0.29) is 18.4 Å². The standard InChI is InChI=1S/C20H27NO4S/c22-10-4-5-11-24-19-14-15(18-9-6-12-26-18)13-17(25-19)20(23)21-16-7-2-1-3-8-16/h1-3,7-8,13,15,18-19,22H,4-6,9-12,14H2,(H,21,23)/t15-,18?,19+/m0/s1. The Kier molecular flexibility index (Phi) is 7.41. The monoisotopic (exact) mass is 377 g/mol. The number of nitrogens with one attached hydrogen (secondary N) is 1. The lowest BCUT2D eigenvalue weighted by molar-refractivity contribution is -0.146. The average molecular weight is 378 g/mol. The molecule has 0 aliphatic carbocycles. The van der Waals surface area contributed by atoms with Crippen LogP contribution in [-0.4, -0.2) is 41.5 Å². The third kappa shape index (κ3) is 5.50. The smallest absolute Gasteiger partial charge is 0.290 e. The van der Waals surface area contributed by atoms with Crippen LogP contribution in [0.25, 0.3) is 0 Å². The zero-order chi connectivity index (χ0) is 18.2. The first kappa shape index (κ1) is 19.3. The second-order valence-corrected chi connectivity index (χ2v) is 8.00. The summed E-state index contributed by atoms with van der Waals surface area (Å²) < 4.78 is 11.7. The Bertz CT molecular complexity index is 601. The van der Waals surface area contributed by atoms with Crippen LogP contribution in [0.2, 0.25) is 0 Å². The zero-order valence-corrected chi connectivity index (χ0v) is 15.7. The molecular weight excluding hydrogens is 350 g/mol. The number of hydrogen-bond acceptors (Lipinski definition) is 5. The third-order valence-electron chi connectivity index (χ3n) is 4.64. The number of para-hydroxylation sites is 1. The molecule has 1 fully saturated rings. The summed E-state index contributed by atoms with van der Waals surface area (Å²) in [7, 11) is 0. The minimum Gasteiger partial charge on any atom is -0.459 e. The summed E-state index contributed by atoms with van der Waals surface area (Å²) in [5.74, 6) is 1.59. The molecule has 2 heterocycles. The van der Waals surface area contributed by atoms with Crippen LogP contribution < -0.4 is 5.32 Å². The first-order chi connectivity index (χ1) is 12.8. The van der Waals surface area contributed by atoms with Gasteiger partial charge >= 0.3 is 0 Å². The molecule has 2 N–H and O–H groups in total. The largest absolute Gasteiger partial charge is 0.459 e. The molecule has 0 bridgehead atoms. The summed E-state index contributed by atoms with van der Waals surface area (Å²) in [6, 6.07) is 9.39. The number of hydrogen-bond donors (Lipinski definition) is 2. The number of rotatable bonds is 8. The zero-order valence-electron chi connectivity index (χ0n) is 14.9. The van der Waals surface area contributed by atoms with E-state index in [2.05, 4.69) is 5.32 Å². The Morgan fingerprint density at radius 1 is 1.31 bits per heavy atom. The molecule has 0 saturated carbocycles. The summed E-state index contributed by atoms with van der Waals surface area (Å²) >= 11 is 1.98. The van der Waals surface area contributed by atoms with Gasteiger partial charge in [0, 0.05) is 24.0 Å². The van der Waals surface area contributed by atoms with Gasteiger partial charge in [-0.2, -0.15) is 11.8 Å². The molecule has 3 rings (SSSR count). The number of anilines is 1. The third-order valence-corrected chi connectivity index (χ3v) is 6.18. The van der Waals surface area contributed by atoms with E-state index in [1.165, 1.54) is 18.6 Å². The number of allylic oxidation sites excluding steroid dienone is 1. The van der Waals surface area contributed by atoms with E-state index in [0.717, 1.165) is 18.5 Å². The SMILES string of the molecule is O=C(Nc1ccccc1)C1=C[C@H](C2CCCS2)C[C@H](OCCCCO)O1. The quantitative estimate of drug-likeness (QED) is 0.678. The summed E-state index contributed by atoms with van der Waals surface area (Å²) in [6.45, 7) is 0.699. The van der Waals surface area contributed by atoms with Crippen molar-refractivity contribution >= 4 is 23.4 Å². The van der Waals surface area contributed by atoms with Crippen LogP contribution in [0, 0.1) is 5.92 Å². The van der Waals surface area contributed by atoms with Gasteiger partial charge in [0.05, 0.1) is 6.61 Å². The van der Waals surface area contributed by atoms with Gasteiger partial charge in [-0.25, -0.2) is 0 Å². The molecule has 6 heteroatoms. The van der Waals surface area contributed by atoms with Gasteiger partial charge in [-0.1, -0.05) is 18.2 Å². The molecule has 2 aliphatic heterocycles. The summed E-state index contributed by atoms with van der Waals surface area (Å²) in [5.41, 5.74) is 0.750. The van der Waals surface area contributed by atoms with Crippen LogP contribution in [0.3, 0.4) is 0 Å². The molecular formula is C20H27NO4S. The molecule has 0 aromatic heterocycles. The molecule has 1 saturated heterocycles. The lowest BCUT2D eigenvalue weighted by Gasteiger charge is -2.31. The topological polar surface area (TPSA) is 67.8 Å². The second-order valence-electron chi connectivity index (χ2n) is 6.65. The highest BCUT2D eigenvalue weighted by Crippen LogP contribution is 2.38. The summed E-state index contributed by atoms with van der Waals surface area (Å²) in [4.78, 5) is 12.6. The van der Waals surface area contributed by atoms with Crippen molar-refractivity contribution in [3.05, 3.63) is 42.2 Å². The molecule has 1 aromatic rings. The second kappa shape index (κ2) is 10.00. The van der Waals surface area contributed by atoms with Crippen molar-refractivity contribution in [3.63, 3.8) is 0 Å². The maximum atomic E-state index is 12.6. The predicted molar refractivity (Wildman–Crippen MR) is 104 cm³/mol. The number of carbonyl (C=O) groups excluding carboxylic acids is 1. The predicted octanol–water partition coefficient (Wildman–Crippen LogP) is 3.56. The van der Waals surface area contributed by atoms with Gasteiger partial charge in [0.2, 0.25) is 6.29 Å². The molecule has 5 nitrogen and oxygen atoms in total. The van der Waals surface area contributed by atoms with Crippen molar-refractivity contribution in [2.24, 2.45) is 5.92 Å². The van der Waals surface area contributed by atoms with Crippen LogP contribution >= 0.6 is 11.8 Å². The van der Waals surface area contributed by atoms with Crippen LogP contribution in [0.4, 0.5) is 5.69 Å². The molecule has 0 spiro atoms. The first-order valence-corrected chi connectivity index (χ1v) is 10.4. The average Bonchev–Trinajstić information content (AvgIpc) is 3.21. The Morgan fingerprint density at radius 3 is 2.88 bits per heavy atom. The number of aliphatic hydroxyl groups excluding tert-OH is 1. The van der Waals surface area contributed by atoms with Gasteiger partial charge in [-0.3, -0.25) is 4.79 Å². The van der Waals surface area contributed by atoms with E-state index in [1.807, 2.05) is 48.2 Å². The van der Waals surface area contributed by atoms with Gasteiger partial charge in [0.1, 0.15) is 0 Å². The van der Waals surface area contributed by atoms with E-state index in [4.69, 9.17) is 14.6 Å². The molecule has 0 radical (unpaired) electrons. The molecule has 3 atom stereocenters. The van der Waals surface area contributed by atoms with Crippen molar-refractivity contribution in [2.45, 2.75) is 43.6 Å². The van der Waals surface area contributed by atoms with E-state index in [1.54, 1.807) is 0 Å². The van der Waals surface area contributed by atoms with Gasteiger partial charge in [0.25, 0.3) is 5.91 Å². The lowest BCUT2D eigenvalue weighted by atomic mass is 9.95. The Balaban J connectivity index is 1.65. The van der Waals surface area contributed by atoms with E-state index in [9.17, 15) is 4.79 Å². The van der Waals surface area contributed by atoms with E-state index >= 15 is 0 Å². The fourth-order valence-corrected chi connectivity index (χ4v) is 4.69. The van der Waals surface area contributed by atoms with E-state index < -0.39 is 6.29 Å². The fraction of sp³-hybridized carbons (Fsp3) is 0.550. The Hall–Kier alpha value is -1.50. The molecule has 1 unspecified atom stereocenters. The minimum absolute atomic E-state index is 0.168. The lowest BCUT2D eigenvalue weighted by Crippen LogP contribution is -2.33. The van der Waals surface area contributed by atoms with Crippen molar-refractivity contribution in [2.75, 3.05) is 24.3 Å². The molecule has 1 aromatic carbocycles. The number of carbonyl (C=O) groups is 1. The molecule has 1 amide bonds. The Labute approximate surface area is 159 Å². The number of amides is 1.